The third kappa shape index (κ3) is 4.35. The molecule has 1 fully saturated rings. The van der Waals surface area contributed by atoms with Crippen LogP contribution in [0.25, 0.3) is 0 Å². The highest BCUT2D eigenvalue weighted by molar-refractivity contribution is 5.95. The first kappa shape index (κ1) is 18.9. The summed E-state index contributed by atoms with van der Waals surface area (Å²) in [6, 6.07) is 5.20. The van der Waals surface area contributed by atoms with Gasteiger partial charge >= 0.3 is 0 Å². The zero-order valence-corrected chi connectivity index (χ0v) is 14.8. The van der Waals surface area contributed by atoms with E-state index in [1.165, 1.54) is 18.2 Å². The van der Waals surface area contributed by atoms with Gasteiger partial charge in [-0.15, -0.1) is 0 Å². The van der Waals surface area contributed by atoms with Crippen LogP contribution in [0.3, 0.4) is 0 Å². The van der Waals surface area contributed by atoms with E-state index in [1.807, 2.05) is 13.8 Å². The number of nitrogens with zero attached hydrogens (tertiary/aromatic N) is 2. The molecule has 0 bridgehead atoms. The quantitative estimate of drug-likeness (QED) is 0.870. The molecule has 1 aromatic carbocycles. The molecule has 0 aromatic heterocycles. The van der Waals surface area contributed by atoms with E-state index in [2.05, 4.69) is 5.32 Å². The van der Waals surface area contributed by atoms with Gasteiger partial charge in [-0.3, -0.25) is 14.4 Å². The monoisotopic (exact) mass is 349 g/mol. The van der Waals surface area contributed by atoms with Crippen LogP contribution in [0, 0.1) is 11.7 Å². The van der Waals surface area contributed by atoms with Crippen LogP contribution in [0.4, 0.5) is 4.39 Å². The lowest BCUT2D eigenvalue weighted by Gasteiger charge is -2.41. The Hall–Kier alpha value is -2.44. The molecule has 3 amide bonds. The van der Waals surface area contributed by atoms with E-state index in [9.17, 15) is 18.8 Å². The van der Waals surface area contributed by atoms with E-state index in [4.69, 9.17) is 0 Å². The average Bonchev–Trinajstić information content (AvgIpc) is 2.56. The molecule has 1 atom stereocenters. The molecule has 1 unspecified atom stereocenters. The number of carbonyl (C=O) groups is 3. The SMILES string of the molecule is CC(C)C1C(=O)N(C)CCN1C(=O)CCNC(=O)c1ccccc1F. The molecule has 1 heterocycles. The van der Waals surface area contributed by atoms with Crippen LogP contribution < -0.4 is 5.32 Å². The second kappa shape index (κ2) is 8.09. The number of halogens is 1. The van der Waals surface area contributed by atoms with E-state index in [1.54, 1.807) is 22.9 Å². The first-order valence-electron chi connectivity index (χ1n) is 8.40. The smallest absolute Gasteiger partial charge is 0.254 e. The zero-order chi connectivity index (χ0) is 18.6. The minimum absolute atomic E-state index is 0.00667. The first-order chi connectivity index (χ1) is 11.8. The van der Waals surface area contributed by atoms with Crippen molar-refractivity contribution < 1.29 is 18.8 Å². The summed E-state index contributed by atoms with van der Waals surface area (Å²) >= 11 is 0. The van der Waals surface area contributed by atoms with Crippen LogP contribution in [0.1, 0.15) is 30.6 Å². The van der Waals surface area contributed by atoms with Gasteiger partial charge in [0.2, 0.25) is 11.8 Å². The molecule has 0 radical (unpaired) electrons. The van der Waals surface area contributed by atoms with Crippen molar-refractivity contribution in [1.29, 1.82) is 0 Å². The highest BCUT2D eigenvalue weighted by atomic mass is 19.1. The van der Waals surface area contributed by atoms with E-state index < -0.39 is 17.8 Å². The maximum atomic E-state index is 13.6. The molecule has 1 aliphatic heterocycles. The summed E-state index contributed by atoms with van der Waals surface area (Å²) in [6.07, 6.45) is 0.0698. The van der Waals surface area contributed by atoms with Crippen LogP contribution in [0.2, 0.25) is 0 Å². The Balaban J connectivity index is 1.92. The molecular weight excluding hydrogens is 325 g/mol. The van der Waals surface area contributed by atoms with Gasteiger partial charge in [-0.05, 0) is 18.1 Å². The van der Waals surface area contributed by atoms with Gasteiger partial charge in [-0.2, -0.15) is 0 Å². The van der Waals surface area contributed by atoms with Crippen molar-refractivity contribution in [3.8, 4) is 0 Å². The predicted octanol–water partition coefficient (Wildman–Crippen LogP) is 1.27. The Morgan fingerprint density at radius 3 is 2.60 bits per heavy atom. The Labute approximate surface area is 147 Å². The summed E-state index contributed by atoms with van der Waals surface area (Å²) in [5.74, 6) is -1.40. The number of amides is 3. The number of carbonyl (C=O) groups excluding carboxylic acids is 3. The lowest BCUT2D eigenvalue weighted by Crippen LogP contribution is -2.59. The summed E-state index contributed by atoms with van der Waals surface area (Å²) in [7, 11) is 1.73. The molecule has 1 N–H and O–H groups in total. The van der Waals surface area contributed by atoms with Gasteiger partial charge in [0.1, 0.15) is 11.9 Å². The van der Waals surface area contributed by atoms with Crippen molar-refractivity contribution in [1.82, 2.24) is 15.1 Å². The highest BCUT2D eigenvalue weighted by Gasteiger charge is 2.37. The van der Waals surface area contributed by atoms with Crippen LogP contribution in [0.5, 0.6) is 0 Å². The summed E-state index contributed by atoms with van der Waals surface area (Å²) in [4.78, 5) is 40.0. The second-order valence-electron chi connectivity index (χ2n) is 6.52. The number of nitrogens with one attached hydrogen (secondary N) is 1. The van der Waals surface area contributed by atoms with Crippen molar-refractivity contribution in [3.63, 3.8) is 0 Å². The van der Waals surface area contributed by atoms with Crippen molar-refractivity contribution in [3.05, 3.63) is 35.6 Å². The summed E-state index contributed by atoms with van der Waals surface area (Å²) in [5, 5.41) is 2.55. The Bertz CT molecular complexity index is 663. The Kier molecular flexibility index (Phi) is 6.12. The van der Waals surface area contributed by atoms with E-state index in [0.29, 0.717) is 13.1 Å². The first-order valence-corrected chi connectivity index (χ1v) is 8.40. The minimum Gasteiger partial charge on any atom is -0.351 e. The molecule has 0 saturated carbocycles. The summed E-state index contributed by atoms with van der Waals surface area (Å²) in [6.45, 7) is 4.88. The number of hydrogen-bond donors (Lipinski definition) is 1. The lowest BCUT2D eigenvalue weighted by atomic mass is 9.98. The van der Waals surface area contributed by atoms with Crippen molar-refractivity contribution in [2.75, 3.05) is 26.7 Å². The average molecular weight is 349 g/mol. The van der Waals surface area contributed by atoms with Crippen molar-refractivity contribution >= 4 is 17.7 Å². The van der Waals surface area contributed by atoms with Crippen LogP contribution in [-0.2, 0) is 9.59 Å². The van der Waals surface area contributed by atoms with Gasteiger partial charge in [0.05, 0.1) is 5.56 Å². The fraction of sp³-hybridized carbons (Fsp3) is 0.500. The molecule has 1 aliphatic rings. The van der Waals surface area contributed by atoms with Gasteiger partial charge in [-0.25, -0.2) is 4.39 Å². The highest BCUT2D eigenvalue weighted by Crippen LogP contribution is 2.18. The van der Waals surface area contributed by atoms with Crippen LogP contribution in [-0.4, -0.2) is 60.2 Å². The third-order valence-corrected chi connectivity index (χ3v) is 4.34. The molecule has 0 spiro atoms. The molecule has 6 nitrogen and oxygen atoms in total. The van der Waals surface area contributed by atoms with Gasteiger partial charge in [0.15, 0.2) is 0 Å². The number of piperazine rings is 1. The fourth-order valence-corrected chi connectivity index (χ4v) is 2.96. The molecule has 136 valence electrons. The lowest BCUT2D eigenvalue weighted by molar-refractivity contribution is -0.152. The minimum atomic E-state index is -0.601. The standard InChI is InChI=1S/C18H24FN3O3/c1-12(2)16-18(25)21(3)10-11-22(16)15(23)8-9-20-17(24)13-6-4-5-7-14(13)19/h4-7,12,16H,8-11H2,1-3H3,(H,20,24). The summed E-state index contributed by atoms with van der Waals surface area (Å²) < 4.78 is 13.6. The maximum absolute atomic E-state index is 13.6. The molecule has 25 heavy (non-hydrogen) atoms. The zero-order valence-electron chi connectivity index (χ0n) is 14.8. The molecule has 1 saturated heterocycles. The number of benzene rings is 1. The number of rotatable bonds is 5. The molecule has 1 aromatic rings. The topological polar surface area (TPSA) is 69.7 Å². The molecule has 2 rings (SSSR count). The Morgan fingerprint density at radius 2 is 1.96 bits per heavy atom. The second-order valence-corrected chi connectivity index (χ2v) is 6.52. The number of hydrogen-bond acceptors (Lipinski definition) is 3. The van der Waals surface area contributed by atoms with E-state index in [-0.39, 0.29) is 36.3 Å². The van der Waals surface area contributed by atoms with Gasteiger partial charge in [-0.1, -0.05) is 26.0 Å². The largest absolute Gasteiger partial charge is 0.351 e. The van der Waals surface area contributed by atoms with Crippen molar-refractivity contribution in [2.45, 2.75) is 26.3 Å². The maximum Gasteiger partial charge on any atom is 0.254 e. The fourth-order valence-electron chi connectivity index (χ4n) is 2.96. The van der Waals surface area contributed by atoms with Gasteiger partial charge < -0.3 is 15.1 Å². The van der Waals surface area contributed by atoms with Gasteiger partial charge in [0, 0.05) is 33.1 Å². The third-order valence-electron chi connectivity index (χ3n) is 4.34. The Morgan fingerprint density at radius 1 is 1.28 bits per heavy atom. The molecule has 7 heteroatoms. The van der Waals surface area contributed by atoms with E-state index >= 15 is 0 Å². The van der Waals surface area contributed by atoms with Crippen LogP contribution >= 0.6 is 0 Å². The molecule has 0 aliphatic carbocycles. The normalized spacial score (nSPS) is 17.8. The summed E-state index contributed by atoms with van der Waals surface area (Å²) in [5.41, 5.74) is -0.0511. The van der Waals surface area contributed by atoms with E-state index in [0.717, 1.165) is 0 Å². The molecular formula is C18H24FN3O3. The van der Waals surface area contributed by atoms with Crippen LogP contribution in [0.15, 0.2) is 24.3 Å². The predicted molar refractivity (Wildman–Crippen MR) is 91.3 cm³/mol. The number of likely N-dealkylation sites (N-methyl/N-ethyl adjacent to an activating group) is 1. The van der Waals surface area contributed by atoms with Crippen molar-refractivity contribution in [2.24, 2.45) is 5.92 Å². The van der Waals surface area contributed by atoms with Gasteiger partial charge in [0.25, 0.3) is 5.91 Å².